The highest BCUT2D eigenvalue weighted by atomic mass is 16.6. The highest BCUT2D eigenvalue weighted by Gasteiger charge is 2.16. The predicted octanol–water partition coefficient (Wildman–Crippen LogP) is 1.48. The van der Waals surface area contributed by atoms with Crippen LogP contribution in [0.5, 0.6) is 0 Å². The lowest BCUT2D eigenvalue weighted by Gasteiger charge is -2.19. The minimum Gasteiger partial charge on any atom is -0.444 e. The van der Waals surface area contributed by atoms with Gasteiger partial charge in [0, 0.05) is 18.3 Å². The second kappa shape index (κ2) is 6.46. The summed E-state index contributed by atoms with van der Waals surface area (Å²) in [6.45, 7) is 5.50. The Balaban J connectivity index is 1.80. The van der Waals surface area contributed by atoms with E-state index in [1.165, 1.54) is 0 Å². The van der Waals surface area contributed by atoms with Crippen molar-refractivity contribution in [1.29, 1.82) is 0 Å². The molecule has 118 valence electrons. The van der Waals surface area contributed by atoms with Gasteiger partial charge in [-0.25, -0.2) is 9.31 Å². The van der Waals surface area contributed by atoms with Crippen molar-refractivity contribution >= 4 is 17.5 Å². The number of rotatable bonds is 4. The molecule has 7 nitrogen and oxygen atoms in total. The summed E-state index contributed by atoms with van der Waals surface area (Å²) in [5.74, 6) is -0.291. The zero-order valence-corrected chi connectivity index (χ0v) is 12.9. The van der Waals surface area contributed by atoms with E-state index >= 15 is 0 Å². The average Bonchev–Trinajstić information content (AvgIpc) is 2.84. The Morgan fingerprint density at radius 1 is 1.27 bits per heavy atom. The number of hydrogen-bond donors (Lipinski definition) is 2. The number of hydrogen-bond acceptors (Lipinski definition) is 4. The van der Waals surface area contributed by atoms with Crippen LogP contribution in [0.3, 0.4) is 0 Å². The molecule has 2 heterocycles. The van der Waals surface area contributed by atoms with E-state index in [9.17, 15) is 9.59 Å². The van der Waals surface area contributed by atoms with Gasteiger partial charge in [0.1, 0.15) is 12.1 Å². The molecule has 0 atom stereocenters. The minimum absolute atomic E-state index is 0.131. The molecule has 0 aliphatic rings. The molecule has 0 aliphatic carbocycles. The summed E-state index contributed by atoms with van der Waals surface area (Å²) in [5.41, 5.74) is 1.26. The van der Waals surface area contributed by atoms with Crippen LogP contribution in [-0.4, -0.2) is 33.8 Å². The number of pyridine rings is 1. The fourth-order valence-electron chi connectivity index (χ4n) is 1.85. The van der Waals surface area contributed by atoms with Gasteiger partial charge in [-0.3, -0.25) is 4.79 Å². The molecule has 2 aromatic heterocycles. The number of nitrogens with zero attached hydrogens (tertiary/aromatic N) is 2. The Morgan fingerprint density at radius 3 is 2.77 bits per heavy atom. The van der Waals surface area contributed by atoms with Crippen LogP contribution in [0, 0.1) is 0 Å². The first-order valence-electron chi connectivity index (χ1n) is 7.00. The average molecular weight is 304 g/mol. The lowest BCUT2D eigenvalue weighted by atomic mass is 10.2. The molecule has 0 aromatic carbocycles. The largest absolute Gasteiger partial charge is 0.444 e. The number of ether oxygens (including phenoxy) is 1. The van der Waals surface area contributed by atoms with Crippen LogP contribution >= 0.6 is 0 Å². The Kier molecular flexibility index (Phi) is 4.65. The van der Waals surface area contributed by atoms with E-state index in [2.05, 4.69) is 15.7 Å². The summed E-state index contributed by atoms with van der Waals surface area (Å²) in [6, 6.07) is 5.72. The fourth-order valence-corrected chi connectivity index (χ4v) is 1.85. The molecule has 0 spiro atoms. The quantitative estimate of drug-likeness (QED) is 0.896. The smallest absolute Gasteiger partial charge is 0.408 e. The summed E-state index contributed by atoms with van der Waals surface area (Å²) < 4.78 is 6.79. The zero-order valence-electron chi connectivity index (χ0n) is 12.9. The lowest BCUT2D eigenvalue weighted by Crippen LogP contribution is -2.39. The molecular formula is C15H20N4O3. The second-order valence-corrected chi connectivity index (χ2v) is 5.83. The van der Waals surface area contributed by atoms with Crippen molar-refractivity contribution in [1.82, 2.24) is 20.2 Å². The monoisotopic (exact) mass is 304 g/mol. The maximum atomic E-state index is 11.7. The van der Waals surface area contributed by atoms with Crippen LogP contribution in [0.1, 0.15) is 26.3 Å². The third-order valence-electron chi connectivity index (χ3n) is 2.77. The van der Waals surface area contributed by atoms with E-state index in [4.69, 9.17) is 4.74 Å². The molecule has 0 radical (unpaired) electrons. The van der Waals surface area contributed by atoms with Crippen molar-refractivity contribution in [3.63, 3.8) is 0 Å². The predicted molar refractivity (Wildman–Crippen MR) is 81.3 cm³/mol. The van der Waals surface area contributed by atoms with Crippen molar-refractivity contribution in [3.05, 3.63) is 36.2 Å². The minimum atomic E-state index is -0.612. The molecule has 7 heteroatoms. The second-order valence-electron chi connectivity index (χ2n) is 5.83. The highest BCUT2D eigenvalue weighted by Crippen LogP contribution is 2.09. The third kappa shape index (κ3) is 4.47. The van der Waals surface area contributed by atoms with Crippen molar-refractivity contribution < 1.29 is 14.3 Å². The van der Waals surface area contributed by atoms with E-state index in [0.29, 0.717) is 6.54 Å². The number of carbonyl (C=O) groups is 2. The van der Waals surface area contributed by atoms with Gasteiger partial charge in [0.25, 0.3) is 0 Å². The Labute approximate surface area is 128 Å². The van der Waals surface area contributed by atoms with Gasteiger partial charge in [-0.1, -0.05) is 6.07 Å². The summed E-state index contributed by atoms with van der Waals surface area (Å²) >= 11 is 0. The summed E-state index contributed by atoms with van der Waals surface area (Å²) in [6.07, 6.45) is 2.93. The first kappa shape index (κ1) is 15.8. The Morgan fingerprint density at radius 2 is 2.05 bits per heavy atom. The molecule has 0 saturated carbocycles. The van der Waals surface area contributed by atoms with Crippen LogP contribution in [0.4, 0.5) is 4.79 Å². The van der Waals surface area contributed by atoms with Gasteiger partial charge < -0.3 is 15.4 Å². The topological polar surface area (TPSA) is 84.7 Å². The lowest BCUT2D eigenvalue weighted by molar-refractivity contribution is -0.120. The van der Waals surface area contributed by atoms with Crippen LogP contribution in [0.2, 0.25) is 0 Å². The van der Waals surface area contributed by atoms with Crippen molar-refractivity contribution in [3.8, 4) is 0 Å². The van der Waals surface area contributed by atoms with Gasteiger partial charge in [-0.2, -0.15) is 5.10 Å². The van der Waals surface area contributed by atoms with Crippen LogP contribution < -0.4 is 10.6 Å². The first-order valence-corrected chi connectivity index (χ1v) is 7.00. The van der Waals surface area contributed by atoms with Crippen molar-refractivity contribution in [2.24, 2.45) is 0 Å². The number of carbonyl (C=O) groups excluding carboxylic acids is 2. The Bertz CT molecular complexity index is 673. The van der Waals surface area contributed by atoms with E-state index in [1.54, 1.807) is 31.5 Å². The van der Waals surface area contributed by atoms with E-state index in [-0.39, 0.29) is 12.5 Å². The highest BCUT2D eigenvalue weighted by molar-refractivity contribution is 5.82. The van der Waals surface area contributed by atoms with Gasteiger partial charge in [0.2, 0.25) is 5.91 Å². The molecule has 2 aromatic rings. The molecule has 0 saturated heterocycles. The standard InChI is InChI=1S/C15H20N4O3/c1-15(2,3)22-14(21)17-10-13(20)16-8-11-9-18-19-7-5-4-6-12(11)19/h4-7,9H,8,10H2,1-3H3,(H,16,20)(H,17,21). The number of fused-ring (bicyclic) bond motifs is 1. The molecule has 22 heavy (non-hydrogen) atoms. The maximum absolute atomic E-state index is 11.7. The molecule has 0 fully saturated rings. The molecular weight excluding hydrogens is 284 g/mol. The molecule has 0 unspecified atom stereocenters. The number of amides is 2. The van der Waals surface area contributed by atoms with E-state index in [0.717, 1.165) is 11.1 Å². The number of nitrogens with one attached hydrogen (secondary N) is 2. The SMILES string of the molecule is CC(C)(C)OC(=O)NCC(=O)NCc1cnn2ccccc12. The van der Waals surface area contributed by atoms with Crippen LogP contribution in [0.25, 0.3) is 5.52 Å². The first-order chi connectivity index (χ1) is 10.3. The number of alkyl carbamates (subject to hydrolysis) is 1. The van der Waals surface area contributed by atoms with Gasteiger partial charge in [0.15, 0.2) is 0 Å². The van der Waals surface area contributed by atoms with Crippen molar-refractivity contribution in [2.45, 2.75) is 32.9 Å². The van der Waals surface area contributed by atoms with Crippen LogP contribution in [-0.2, 0) is 16.1 Å². The van der Waals surface area contributed by atoms with Crippen LogP contribution in [0.15, 0.2) is 30.6 Å². The third-order valence-corrected chi connectivity index (χ3v) is 2.77. The summed E-state index contributed by atoms with van der Waals surface area (Å²) in [5, 5.41) is 9.33. The fraction of sp³-hybridized carbons (Fsp3) is 0.400. The van der Waals surface area contributed by atoms with Gasteiger partial charge in [-0.05, 0) is 32.9 Å². The van der Waals surface area contributed by atoms with E-state index < -0.39 is 11.7 Å². The molecule has 2 amide bonds. The Hall–Kier alpha value is -2.57. The molecule has 2 N–H and O–H groups in total. The summed E-state index contributed by atoms with van der Waals surface area (Å²) in [7, 11) is 0. The molecule has 2 rings (SSSR count). The maximum Gasteiger partial charge on any atom is 0.408 e. The van der Waals surface area contributed by atoms with Crippen molar-refractivity contribution in [2.75, 3.05) is 6.54 Å². The van der Waals surface area contributed by atoms with Gasteiger partial charge in [0.05, 0.1) is 11.7 Å². The normalized spacial score (nSPS) is 11.2. The van der Waals surface area contributed by atoms with E-state index in [1.807, 2.05) is 24.4 Å². The molecule has 0 aliphatic heterocycles. The number of aromatic nitrogens is 2. The summed E-state index contributed by atoms with van der Waals surface area (Å²) in [4.78, 5) is 23.2. The molecule has 0 bridgehead atoms. The zero-order chi connectivity index (χ0) is 16.2. The van der Waals surface area contributed by atoms with Gasteiger partial charge in [-0.15, -0.1) is 0 Å². The van der Waals surface area contributed by atoms with Gasteiger partial charge >= 0.3 is 6.09 Å².